The molecule has 7 heteroatoms. The van der Waals surface area contributed by atoms with E-state index in [2.05, 4.69) is 23.2 Å². The highest BCUT2D eigenvalue weighted by molar-refractivity contribution is 5.97. The van der Waals surface area contributed by atoms with Gasteiger partial charge in [-0.1, -0.05) is 54.1 Å². The number of piperazine rings is 1. The summed E-state index contributed by atoms with van der Waals surface area (Å²) in [6, 6.07) is 21.2. The number of aryl methyl sites for hydroxylation is 1. The summed E-state index contributed by atoms with van der Waals surface area (Å²) >= 11 is 0. The molecule has 3 aromatic carbocycles. The number of benzene rings is 3. The van der Waals surface area contributed by atoms with Crippen molar-refractivity contribution in [1.82, 2.24) is 14.8 Å². The fourth-order valence-electron chi connectivity index (χ4n) is 5.90. The molecular weight excluding hydrogens is 454 g/mol. The summed E-state index contributed by atoms with van der Waals surface area (Å²) in [5.74, 6) is 1.30. The SMILES string of the molecule is Cc1cccc(C2c3[nH]c4ccccc4c3CC3C(=O)N(Cc4ccc5c(c4)OCO5)CC(=O)N32)c1. The van der Waals surface area contributed by atoms with E-state index in [1.54, 1.807) is 4.90 Å². The maximum Gasteiger partial charge on any atom is 0.246 e. The average Bonchev–Trinajstić information content (AvgIpc) is 3.50. The number of aromatic amines is 1. The van der Waals surface area contributed by atoms with Gasteiger partial charge in [0.15, 0.2) is 11.5 Å². The van der Waals surface area contributed by atoms with Crippen LogP contribution in [0.25, 0.3) is 10.9 Å². The molecule has 1 saturated heterocycles. The number of amides is 2. The number of H-pyrrole nitrogens is 1. The molecule has 0 aliphatic carbocycles. The number of fused-ring (bicyclic) bond motifs is 5. The molecule has 1 aromatic heterocycles. The van der Waals surface area contributed by atoms with Crippen LogP contribution < -0.4 is 9.47 Å². The first-order chi connectivity index (χ1) is 17.6. The molecule has 7 rings (SSSR count). The number of carbonyl (C=O) groups is 2. The van der Waals surface area contributed by atoms with E-state index in [1.165, 1.54) is 0 Å². The van der Waals surface area contributed by atoms with Crippen molar-refractivity contribution in [2.75, 3.05) is 13.3 Å². The molecule has 0 spiro atoms. The first-order valence-electron chi connectivity index (χ1n) is 12.2. The number of aromatic nitrogens is 1. The highest BCUT2D eigenvalue weighted by Crippen LogP contribution is 2.43. The van der Waals surface area contributed by atoms with E-state index in [0.717, 1.165) is 38.9 Å². The Morgan fingerprint density at radius 3 is 2.72 bits per heavy atom. The molecule has 4 heterocycles. The van der Waals surface area contributed by atoms with Crippen molar-refractivity contribution in [3.8, 4) is 11.5 Å². The number of para-hydroxylation sites is 1. The third-order valence-corrected chi connectivity index (χ3v) is 7.51. The minimum Gasteiger partial charge on any atom is -0.454 e. The van der Waals surface area contributed by atoms with Gasteiger partial charge in [0.1, 0.15) is 12.6 Å². The Bertz CT molecular complexity index is 1540. The van der Waals surface area contributed by atoms with Gasteiger partial charge in [-0.15, -0.1) is 0 Å². The third kappa shape index (κ3) is 3.19. The predicted octanol–water partition coefficient (Wildman–Crippen LogP) is 4.09. The number of rotatable bonds is 3. The van der Waals surface area contributed by atoms with Crippen molar-refractivity contribution in [2.24, 2.45) is 0 Å². The molecule has 36 heavy (non-hydrogen) atoms. The summed E-state index contributed by atoms with van der Waals surface area (Å²) in [6.45, 7) is 2.64. The maximum absolute atomic E-state index is 13.9. The van der Waals surface area contributed by atoms with Crippen LogP contribution in [-0.4, -0.2) is 46.0 Å². The van der Waals surface area contributed by atoms with Crippen LogP contribution in [0.5, 0.6) is 11.5 Å². The summed E-state index contributed by atoms with van der Waals surface area (Å²) in [5.41, 5.74) is 6.18. The lowest BCUT2D eigenvalue weighted by Crippen LogP contribution is -2.62. The minimum absolute atomic E-state index is 0.0270. The van der Waals surface area contributed by atoms with Gasteiger partial charge < -0.3 is 24.3 Å². The van der Waals surface area contributed by atoms with Crippen LogP contribution in [0.3, 0.4) is 0 Å². The van der Waals surface area contributed by atoms with Crippen molar-refractivity contribution >= 4 is 22.7 Å². The van der Waals surface area contributed by atoms with E-state index in [-0.39, 0.29) is 31.2 Å². The van der Waals surface area contributed by atoms with Crippen LogP contribution in [-0.2, 0) is 22.6 Å². The van der Waals surface area contributed by atoms with Gasteiger partial charge in [0, 0.05) is 29.6 Å². The summed E-state index contributed by atoms with van der Waals surface area (Å²) in [6.07, 6.45) is 0.490. The standard InChI is InChI=1S/C29H25N3O4/c1-17-5-4-6-19(11-17)28-27-21(20-7-2-3-8-22(20)30-27)13-23-29(34)31(15-26(33)32(23)28)14-18-9-10-24-25(12-18)36-16-35-24/h2-12,23,28,30H,13-16H2,1H3. The van der Waals surface area contributed by atoms with E-state index in [4.69, 9.17) is 9.47 Å². The molecule has 3 aliphatic heterocycles. The molecule has 3 aliphatic rings. The zero-order valence-electron chi connectivity index (χ0n) is 19.9. The zero-order chi connectivity index (χ0) is 24.4. The first kappa shape index (κ1) is 21.1. The second kappa shape index (κ2) is 7.88. The molecule has 1 fully saturated rings. The predicted molar refractivity (Wildman–Crippen MR) is 134 cm³/mol. The van der Waals surface area contributed by atoms with Crippen LogP contribution in [0.4, 0.5) is 0 Å². The van der Waals surface area contributed by atoms with E-state index < -0.39 is 6.04 Å². The Morgan fingerprint density at radius 1 is 0.972 bits per heavy atom. The Kier molecular flexibility index (Phi) is 4.61. The lowest BCUT2D eigenvalue weighted by molar-refractivity contribution is -0.159. The molecule has 7 nitrogen and oxygen atoms in total. The summed E-state index contributed by atoms with van der Waals surface area (Å²) in [7, 11) is 0. The van der Waals surface area contributed by atoms with Gasteiger partial charge >= 0.3 is 0 Å². The topological polar surface area (TPSA) is 74.9 Å². The number of carbonyl (C=O) groups excluding carboxylic acids is 2. The van der Waals surface area contributed by atoms with Crippen LogP contribution in [0, 0.1) is 6.92 Å². The Morgan fingerprint density at radius 2 is 1.83 bits per heavy atom. The summed E-state index contributed by atoms with van der Waals surface area (Å²) < 4.78 is 10.9. The lowest BCUT2D eigenvalue weighted by atomic mass is 9.86. The molecule has 4 aromatic rings. The molecule has 1 N–H and O–H groups in total. The van der Waals surface area contributed by atoms with Crippen molar-refractivity contribution in [3.63, 3.8) is 0 Å². The Hall–Kier alpha value is -4.26. The highest BCUT2D eigenvalue weighted by Gasteiger charge is 2.48. The molecular formula is C29H25N3O4. The second-order valence-corrected chi connectivity index (χ2v) is 9.78. The zero-order valence-corrected chi connectivity index (χ0v) is 19.9. The third-order valence-electron chi connectivity index (χ3n) is 7.51. The average molecular weight is 480 g/mol. The van der Waals surface area contributed by atoms with Gasteiger partial charge in [0.05, 0.1) is 6.04 Å². The van der Waals surface area contributed by atoms with Gasteiger partial charge in [-0.3, -0.25) is 9.59 Å². The minimum atomic E-state index is -0.558. The van der Waals surface area contributed by atoms with Crippen LogP contribution in [0.2, 0.25) is 0 Å². The van der Waals surface area contributed by atoms with Crippen molar-refractivity contribution < 1.29 is 19.1 Å². The van der Waals surface area contributed by atoms with Crippen molar-refractivity contribution in [2.45, 2.75) is 32.0 Å². The number of hydrogen-bond acceptors (Lipinski definition) is 4. The summed E-state index contributed by atoms with van der Waals surface area (Å²) in [4.78, 5) is 34.7. The smallest absolute Gasteiger partial charge is 0.246 e. The normalized spacial score (nSPS) is 20.6. The van der Waals surface area contributed by atoms with E-state index in [1.807, 2.05) is 60.4 Å². The molecule has 0 saturated carbocycles. The number of nitrogens with one attached hydrogen (secondary N) is 1. The van der Waals surface area contributed by atoms with Crippen molar-refractivity contribution in [1.29, 1.82) is 0 Å². The number of hydrogen-bond donors (Lipinski definition) is 1. The Balaban J connectivity index is 1.30. The molecule has 180 valence electrons. The highest BCUT2D eigenvalue weighted by atomic mass is 16.7. The van der Waals surface area contributed by atoms with E-state index in [0.29, 0.717) is 24.5 Å². The van der Waals surface area contributed by atoms with Crippen LogP contribution in [0.15, 0.2) is 66.7 Å². The summed E-state index contributed by atoms with van der Waals surface area (Å²) in [5, 5.41) is 1.11. The molecule has 0 radical (unpaired) electrons. The fourth-order valence-corrected chi connectivity index (χ4v) is 5.90. The van der Waals surface area contributed by atoms with Gasteiger partial charge in [0.25, 0.3) is 0 Å². The fraction of sp³-hybridized carbons (Fsp3) is 0.241. The van der Waals surface area contributed by atoms with Gasteiger partial charge in [-0.25, -0.2) is 0 Å². The quantitative estimate of drug-likeness (QED) is 0.480. The second-order valence-electron chi connectivity index (χ2n) is 9.78. The van der Waals surface area contributed by atoms with Gasteiger partial charge in [0.2, 0.25) is 18.6 Å². The van der Waals surface area contributed by atoms with Crippen LogP contribution in [0.1, 0.15) is 34.0 Å². The van der Waals surface area contributed by atoms with E-state index >= 15 is 0 Å². The number of ether oxygens (including phenoxy) is 2. The Labute approximate surface area is 208 Å². The first-order valence-corrected chi connectivity index (χ1v) is 12.2. The van der Waals surface area contributed by atoms with E-state index in [9.17, 15) is 9.59 Å². The van der Waals surface area contributed by atoms with Crippen LogP contribution >= 0.6 is 0 Å². The lowest BCUT2D eigenvalue weighted by Gasteiger charge is -2.47. The van der Waals surface area contributed by atoms with Crippen molar-refractivity contribution in [3.05, 3.63) is 94.7 Å². The molecule has 2 atom stereocenters. The monoisotopic (exact) mass is 479 g/mol. The van der Waals surface area contributed by atoms with Gasteiger partial charge in [-0.2, -0.15) is 0 Å². The molecule has 0 bridgehead atoms. The number of nitrogens with zero attached hydrogens (tertiary/aromatic N) is 2. The molecule has 2 amide bonds. The largest absolute Gasteiger partial charge is 0.454 e. The molecule has 2 unspecified atom stereocenters. The maximum atomic E-state index is 13.9. The van der Waals surface area contributed by atoms with Gasteiger partial charge in [-0.05, 0) is 41.8 Å².